The van der Waals surface area contributed by atoms with Gasteiger partial charge in [-0.15, -0.1) is 0 Å². The fourth-order valence-electron chi connectivity index (χ4n) is 6.75. The molecule has 0 N–H and O–H groups in total. The maximum absolute atomic E-state index is 13.3. The molecule has 0 spiro atoms. The number of hydrogen-bond acceptors (Lipinski definition) is 2. The molecule has 118 valence electrons. The van der Waals surface area contributed by atoms with Gasteiger partial charge in [-0.25, -0.2) is 0 Å². The van der Waals surface area contributed by atoms with Crippen LogP contribution in [0.1, 0.15) is 62.7 Å². The molecular formula is C20H26O2. The van der Waals surface area contributed by atoms with E-state index in [9.17, 15) is 4.79 Å². The summed E-state index contributed by atoms with van der Waals surface area (Å²) in [7, 11) is 1.66. The lowest BCUT2D eigenvalue weighted by Crippen LogP contribution is -2.57. The van der Waals surface area contributed by atoms with Gasteiger partial charge >= 0.3 is 0 Å². The minimum Gasteiger partial charge on any atom is -0.497 e. The molecule has 4 bridgehead atoms. The van der Waals surface area contributed by atoms with E-state index in [2.05, 4.69) is 13.8 Å². The molecule has 0 aliphatic heterocycles. The van der Waals surface area contributed by atoms with Crippen LogP contribution in [-0.2, 0) is 0 Å². The Hall–Kier alpha value is -1.31. The van der Waals surface area contributed by atoms with Gasteiger partial charge in [0, 0.05) is 11.0 Å². The van der Waals surface area contributed by atoms with Crippen molar-refractivity contribution in [2.75, 3.05) is 7.11 Å². The molecule has 22 heavy (non-hydrogen) atoms. The van der Waals surface area contributed by atoms with Crippen LogP contribution in [0.3, 0.4) is 0 Å². The zero-order chi connectivity index (χ0) is 15.6. The number of hydrogen-bond donors (Lipinski definition) is 0. The lowest BCUT2D eigenvalue weighted by Gasteiger charge is -2.64. The average molecular weight is 298 g/mol. The van der Waals surface area contributed by atoms with Crippen LogP contribution in [0.5, 0.6) is 5.75 Å². The number of carbonyl (C=O) groups is 1. The Morgan fingerprint density at radius 3 is 2.09 bits per heavy atom. The molecule has 4 aliphatic rings. The summed E-state index contributed by atoms with van der Waals surface area (Å²) in [5, 5.41) is 0. The Labute approximate surface area is 133 Å². The molecule has 3 unspecified atom stereocenters. The number of ketones is 1. The monoisotopic (exact) mass is 298 g/mol. The van der Waals surface area contributed by atoms with Crippen LogP contribution < -0.4 is 4.74 Å². The minimum absolute atomic E-state index is 0.0997. The van der Waals surface area contributed by atoms with Gasteiger partial charge in [0.15, 0.2) is 5.78 Å². The van der Waals surface area contributed by atoms with Gasteiger partial charge in [-0.3, -0.25) is 4.79 Å². The number of Topliss-reactive ketones (excluding diaryl/α,β-unsaturated/α-hetero) is 1. The number of carbonyl (C=O) groups excluding carboxylic acids is 1. The van der Waals surface area contributed by atoms with Gasteiger partial charge < -0.3 is 4.74 Å². The second-order valence-corrected chi connectivity index (χ2v) is 8.97. The van der Waals surface area contributed by atoms with Gasteiger partial charge in [0.05, 0.1) is 7.11 Å². The van der Waals surface area contributed by atoms with Crippen molar-refractivity contribution in [2.45, 2.75) is 52.4 Å². The normalized spacial score (nSPS) is 42.4. The third-order valence-electron chi connectivity index (χ3n) is 6.46. The molecule has 5 rings (SSSR count). The van der Waals surface area contributed by atoms with Crippen molar-refractivity contribution in [3.05, 3.63) is 29.8 Å². The topological polar surface area (TPSA) is 26.3 Å². The standard InChI is InChI=1S/C20H26O2/c1-18-8-14-9-19(2,11-18)13-20(10-14,12-18)17(21)15-4-6-16(22-3)7-5-15/h4-7,14H,8-13H2,1-3H3/t14?,18-,19?,20?/m0/s1. The fraction of sp³-hybridized carbons (Fsp3) is 0.650. The first-order valence-corrected chi connectivity index (χ1v) is 8.54. The van der Waals surface area contributed by atoms with Crippen LogP contribution in [0.4, 0.5) is 0 Å². The van der Waals surface area contributed by atoms with Crippen molar-refractivity contribution in [1.29, 1.82) is 0 Å². The molecule has 0 heterocycles. The number of rotatable bonds is 3. The molecule has 1 aromatic rings. The summed E-state index contributed by atoms with van der Waals surface area (Å²) in [4.78, 5) is 13.3. The summed E-state index contributed by atoms with van der Waals surface area (Å²) in [6.07, 6.45) is 7.28. The number of benzene rings is 1. The Kier molecular flexibility index (Phi) is 2.84. The van der Waals surface area contributed by atoms with Gasteiger partial charge in [0.25, 0.3) is 0 Å². The molecule has 2 nitrogen and oxygen atoms in total. The van der Waals surface area contributed by atoms with Crippen LogP contribution in [0.2, 0.25) is 0 Å². The molecule has 0 radical (unpaired) electrons. The summed E-state index contributed by atoms with van der Waals surface area (Å²) in [6, 6.07) is 7.73. The Morgan fingerprint density at radius 1 is 1.00 bits per heavy atom. The Balaban J connectivity index is 1.70. The van der Waals surface area contributed by atoms with Gasteiger partial charge in [-0.2, -0.15) is 0 Å². The molecule has 0 saturated heterocycles. The SMILES string of the molecule is COc1ccc(C(=O)C23CC4CC(C)(C2)C[C@](C)(C4)C3)cc1. The highest BCUT2D eigenvalue weighted by molar-refractivity contribution is 6.01. The average Bonchev–Trinajstić information content (AvgIpc) is 2.43. The van der Waals surface area contributed by atoms with E-state index in [0.717, 1.165) is 36.5 Å². The smallest absolute Gasteiger partial charge is 0.169 e. The van der Waals surface area contributed by atoms with Crippen molar-refractivity contribution in [1.82, 2.24) is 0 Å². The maximum Gasteiger partial charge on any atom is 0.169 e. The van der Waals surface area contributed by atoms with Crippen LogP contribution in [-0.4, -0.2) is 12.9 Å². The molecule has 1 aromatic carbocycles. The molecule has 4 saturated carbocycles. The third kappa shape index (κ3) is 2.03. The number of methoxy groups -OCH3 is 1. The largest absolute Gasteiger partial charge is 0.497 e. The highest BCUT2D eigenvalue weighted by atomic mass is 16.5. The first-order valence-electron chi connectivity index (χ1n) is 8.54. The van der Waals surface area contributed by atoms with E-state index in [1.54, 1.807) is 7.11 Å². The predicted molar refractivity (Wildman–Crippen MR) is 87.2 cm³/mol. The molecule has 0 aromatic heterocycles. The summed E-state index contributed by atoms with van der Waals surface area (Å²) in [6.45, 7) is 4.84. The van der Waals surface area contributed by atoms with Gasteiger partial charge in [-0.1, -0.05) is 13.8 Å². The second kappa shape index (κ2) is 4.37. The lowest BCUT2D eigenvalue weighted by atomic mass is 9.39. The van der Waals surface area contributed by atoms with Gasteiger partial charge in [0.2, 0.25) is 0 Å². The Morgan fingerprint density at radius 2 is 1.59 bits per heavy atom. The van der Waals surface area contributed by atoms with Crippen LogP contribution in [0.15, 0.2) is 24.3 Å². The third-order valence-corrected chi connectivity index (χ3v) is 6.46. The molecule has 4 aliphatic carbocycles. The minimum atomic E-state index is -0.0997. The second-order valence-electron chi connectivity index (χ2n) is 8.97. The van der Waals surface area contributed by atoms with E-state index in [0.29, 0.717) is 16.6 Å². The van der Waals surface area contributed by atoms with E-state index in [1.807, 2.05) is 24.3 Å². The van der Waals surface area contributed by atoms with Gasteiger partial charge in [0.1, 0.15) is 5.75 Å². The molecule has 2 heteroatoms. The highest BCUT2D eigenvalue weighted by Gasteiger charge is 2.62. The molecular weight excluding hydrogens is 272 g/mol. The first-order chi connectivity index (χ1) is 10.4. The lowest BCUT2D eigenvalue weighted by molar-refractivity contribution is -0.125. The number of ether oxygens (including phenoxy) is 1. The van der Waals surface area contributed by atoms with E-state index in [1.165, 1.54) is 19.3 Å². The highest BCUT2D eigenvalue weighted by Crippen LogP contribution is 2.70. The van der Waals surface area contributed by atoms with Crippen molar-refractivity contribution in [3.8, 4) is 5.75 Å². The van der Waals surface area contributed by atoms with Crippen LogP contribution in [0.25, 0.3) is 0 Å². The van der Waals surface area contributed by atoms with Crippen molar-refractivity contribution < 1.29 is 9.53 Å². The van der Waals surface area contributed by atoms with Gasteiger partial charge in [-0.05, 0) is 79.5 Å². The van der Waals surface area contributed by atoms with E-state index >= 15 is 0 Å². The first kappa shape index (κ1) is 14.3. The quantitative estimate of drug-likeness (QED) is 0.744. The summed E-state index contributed by atoms with van der Waals surface area (Å²) in [5.74, 6) is 1.96. The molecule has 0 amide bonds. The van der Waals surface area contributed by atoms with Crippen molar-refractivity contribution >= 4 is 5.78 Å². The van der Waals surface area contributed by atoms with Crippen molar-refractivity contribution in [2.24, 2.45) is 22.2 Å². The van der Waals surface area contributed by atoms with E-state index < -0.39 is 0 Å². The van der Waals surface area contributed by atoms with E-state index in [4.69, 9.17) is 4.74 Å². The summed E-state index contributed by atoms with van der Waals surface area (Å²) < 4.78 is 5.22. The molecule has 4 atom stereocenters. The van der Waals surface area contributed by atoms with Crippen LogP contribution >= 0.6 is 0 Å². The van der Waals surface area contributed by atoms with Crippen LogP contribution in [0, 0.1) is 22.2 Å². The molecule has 4 fully saturated rings. The maximum atomic E-state index is 13.3. The zero-order valence-corrected chi connectivity index (χ0v) is 13.9. The van der Waals surface area contributed by atoms with E-state index in [-0.39, 0.29) is 5.41 Å². The summed E-state index contributed by atoms with van der Waals surface area (Å²) in [5.41, 5.74) is 1.54. The zero-order valence-electron chi connectivity index (χ0n) is 13.9. The Bertz CT molecular complexity index is 597. The fourth-order valence-corrected chi connectivity index (χ4v) is 6.75. The summed E-state index contributed by atoms with van der Waals surface area (Å²) >= 11 is 0. The predicted octanol–water partition coefficient (Wildman–Crippen LogP) is 4.87. The van der Waals surface area contributed by atoms with Crippen molar-refractivity contribution in [3.63, 3.8) is 0 Å².